The first-order valence-electron chi connectivity index (χ1n) is 6.29. The van der Waals surface area contributed by atoms with Crippen molar-refractivity contribution in [2.75, 3.05) is 0 Å². The Morgan fingerprint density at radius 2 is 2.00 bits per heavy atom. The maximum absolute atomic E-state index is 11.0. The highest BCUT2D eigenvalue weighted by Gasteiger charge is 2.17. The predicted octanol–water partition coefficient (Wildman–Crippen LogP) is 4.51. The SMILES string of the molecule is Cc1c(Oc2cc(Br)ccc2C(C)O)cccc1[N+](=O)[O-]. The Bertz CT molecular complexity index is 685. The van der Waals surface area contributed by atoms with Crippen LogP contribution in [0.2, 0.25) is 0 Å². The molecule has 2 aromatic rings. The minimum absolute atomic E-state index is 0.00101. The Labute approximate surface area is 130 Å². The Kier molecular flexibility index (Phi) is 4.59. The molecule has 0 aliphatic heterocycles. The van der Waals surface area contributed by atoms with E-state index < -0.39 is 11.0 Å². The van der Waals surface area contributed by atoms with Crippen molar-refractivity contribution in [3.8, 4) is 11.5 Å². The van der Waals surface area contributed by atoms with E-state index in [1.165, 1.54) is 6.07 Å². The number of aliphatic hydroxyl groups excluding tert-OH is 1. The Morgan fingerprint density at radius 3 is 2.62 bits per heavy atom. The van der Waals surface area contributed by atoms with E-state index in [-0.39, 0.29) is 5.69 Å². The molecule has 2 aromatic carbocycles. The van der Waals surface area contributed by atoms with Crippen LogP contribution in [0.15, 0.2) is 40.9 Å². The van der Waals surface area contributed by atoms with Crippen LogP contribution >= 0.6 is 15.9 Å². The molecule has 21 heavy (non-hydrogen) atoms. The maximum Gasteiger partial charge on any atom is 0.276 e. The van der Waals surface area contributed by atoms with E-state index in [0.717, 1.165) is 4.47 Å². The number of nitrogens with zero attached hydrogens (tertiary/aromatic N) is 1. The van der Waals surface area contributed by atoms with Gasteiger partial charge in [0.1, 0.15) is 11.5 Å². The normalized spacial score (nSPS) is 12.0. The molecule has 0 radical (unpaired) electrons. The molecule has 0 bridgehead atoms. The fraction of sp³-hybridized carbons (Fsp3) is 0.200. The molecule has 5 nitrogen and oxygen atoms in total. The van der Waals surface area contributed by atoms with Gasteiger partial charge in [-0.05, 0) is 32.0 Å². The molecule has 6 heteroatoms. The lowest BCUT2D eigenvalue weighted by Gasteiger charge is -2.15. The number of halogens is 1. The van der Waals surface area contributed by atoms with Gasteiger partial charge in [-0.2, -0.15) is 0 Å². The molecule has 0 fully saturated rings. The molecule has 1 atom stereocenters. The van der Waals surface area contributed by atoms with Gasteiger partial charge in [-0.15, -0.1) is 0 Å². The van der Waals surface area contributed by atoms with Crippen molar-refractivity contribution >= 4 is 21.6 Å². The molecule has 0 saturated heterocycles. The van der Waals surface area contributed by atoms with Crippen molar-refractivity contribution < 1.29 is 14.8 Å². The van der Waals surface area contributed by atoms with Crippen molar-refractivity contribution in [3.05, 3.63) is 62.1 Å². The fourth-order valence-electron chi connectivity index (χ4n) is 1.97. The van der Waals surface area contributed by atoms with Gasteiger partial charge in [0, 0.05) is 16.1 Å². The molecule has 0 aliphatic carbocycles. The Balaban J connectivity index is 2.46. The second-order valence-electron chi connectivity index (χ2n) is 4.62. The van der Waals surface area contributed by atoms with Crippen LogP contribution in [0.5, 0.6) is 11.5 Å². The standard InChI is InChI=1S/C15H14BrNO4/c1-9-13(17(19)20)4-3-5-14(9)21-15-8-11(16)6-7-12(15)10(2)18/h3-8,10,18H,1-2H3. The summed E-state index contributed by atoms with van der Waals surface area (Å²) in [5, 5.41) is 20.7. The quantitative estimate of drug-likeness (QED) is 0.649. The van der Waals surface area contributed by atoms with E-state index in [1.807, 2.05) is 0 Å². The lowest BCUT2D eigenvalue weighted by atomic mass is 10.1. The van der Waals surface area contributed by atoms with Gasteiger partial charge in [0.25, 0.3) is 5.69 Å². The smallest absolute Gasteiger partial charge is 0.276 e. The predicted molar refractivity (Wildman–Crippen MR) is 82.7 cm³/mol. The van der Waals surface area contributed by atoms with E-state index in [9.17, 15) is 15.2 Å². The number of benzene rings is 2. The molecule has 1 unspecified atom stereocenters. The van der Waals surface area contributed by atoms with Crippen LogP contribution in [0.1, 0.15) is 24.2 Å². The van der Waals surface area contributed by atoms with E-state index in [2.05, 4.69) is 15.9 Å². The van der Waals surface area contributed by atoms with Crippen molar-refractivity contribution in [1.82, 2.24) is 0 Å². The van der Waals surface area contributed by atoms with Gasteiger partial charge in [0.2, 0.25) is 0 Å². The Morgan fingerprint density at radius 1 is 1.29 bits per heavy atom. The second kappa shape index (κ2) is 6.24. The molecule has 0 aromatic heterocycles. The van der Waals surface area contributed by atoms with Crippen LogP contribution in [-0.2, 0) is 0 Å². The van der Waals surface area contributed by atoms with Gasteiger partial charge in [-0.3, -0.25) is 10.1 Å². The van der Waals surface area contributed by atoms with Gasteiger partial charge < -0.3 is 9.84 Å². The first kappa shape index (κ1) is 15.5. The third kappa shape index (κ3) is 3.40. The summed E-state index contributed by atoms with van der Waals surface area (Å²) >= 11 is 3.35. The molecule has 1 N–H and O–H groups in total. The highest BCUT2D eigenvalue weighted by atomic mass is 79.9. The van der Waals surface area contributed by atoms with E-state index in [1.54, 1.807) is 44.2 Å². The van der Waals surface area contributed by atoms with Gasteiger partial charge in [-0.1, -0.05) is 28.1 Å². The van der Waals surface area contributed by atoms with Crippen LogP contribution in [0, 0.1) is 17.0 Å². The zero-order chi connectivity index (χ0) is 15.6. The van der Waals surface area contributed by atoms with E-state index in [0.29, 0.717) is 22.6 Å². The van der Waals surface area contributed by atoms with Crippen LogP contribution in [0.3, 0.4) is 0 Å². The number of aliphatic hydroxyl groups is 1. The average Bonchev–Trinajstić information content (AvgIpc) is 2.40. The summed E-state index contributed by atoms with van der Waals surface area (Å²) in [5.74, 6) is 0.854. The number of nitro groups is 1. The highest BCUT2D eigenvalue weighted by Crippen LogP contribution is 2.35. The molecule has 2 rings (SSSR count). The summed E-state index contributed by atoms with van der Waals surface area (Å²) in [5.41, 5.74) is 1.06. The molecule has 0 heterocycles. The summed E-state index contributed by atoms with van der Waals surface area (Å²) in [6.45, 7) is 3.27. The summed E-state index contributed by atoms with van der Waals surface area (Å²) in [4.78, 5) is 10.5. The van der Waals surface area contributed by atoms with E-state index >= 15 is 0 Å². The van der Waals surface area contributed by atoms with Gasteiger partial charge >= 0.3 is 0 Å². The first-order valence-corrected chi connectivity index (χ1v) is 7.09. The molecule has 0 saturated carbocycles. The second-order valence-corrected chi connectivity index (χ2v) is 5.53. The van der Waals surface area contributed by atoms with Crippen LogP contribution in [0.4, 0.5) is 5.69 Å². The van der Waals surface area contributed by atoms with Crippen molar-refractivity contribution in [2.24, 2.45) is 0 Å². The average molecular weight is 352 g/mol. The zero-order valence-corrected chi connectivity index (χ0v) is 13.1. The van der Waals surface area contributed by atoms with Gasteiger partial charge in [0.05, 0.1) is 16.6 Å². The monoisotopic (exact) mass is 351 g/mol. The number of rotatable bonds is 4. The molecule has 110 valence electrons. The third-order valence-corrected chi connectivity index (χ3v) is 3.59. The summed E-state index contributed by atoms with van der Waals surface area (Å²) in [6, 6.07) is 9.93. The fourth-order valence-corrected chi connectivity index (χ4v) is 2.31. The van der Waals surface area contributed by atoms with Gasteiger partial charge in [0.15, 0.2) is 0 Å². The molecule has 0 aliphatic rings. The lowest BCUT2D eigenvalue weighted by molar-refractivity contribution is -0.385. The number of hydrogen-bond acceptors (Lipinski definition) is 4. The maximum atomic E-state index is 11.0. The van der Waals surface area contributed by atoms with Crippen LogP contribution in [-0.4, -0.2) is 10.0 Å². The highest BCUT2D eigenvalue weighted by molar-refractivity contribution is 9.10. The van der Waals surface area contributed by atoms with Gasteiger partial charge in [-0.25, -0.2) is 0 Å². The summed E-state index contributed by atoms with van der Waals surface area (Å²) in [7, 11) is 0. The van der Waals surface area contributed by atoms with Crippen molar-refractivity contribution in [1.29, 1.82) is 0 Å². The third-order valence-electron chi connectivity index (χ3n) is 3.10. The minimum Gasteiger partial charge on any atom is -0.456 e. The largest absolute Gasteiger partial charge is 0.456 e. The van der Waals surface area contributed by atoms with Crippen molar-refractivity contribution in [2.45, 2.75) is 20.0 Å². The van der Waals surface area contributed by atoms with Crippen molar-refractivity contribution in [3.63, 3.8) is 0 Å². The summed E-state index contributed by atoms with van der Waals surface area (Å²) in [6.07, 6.45) is -0.702. The number of nitro benzene ring substituents is 1. The lowest BCUT2D eigenvalue weighted by Crippen LogP contribution is -1.98. The topological polar surface area (TPSA) is 72.6 Å². The zero-order valence-electron chi connectivity index (χ0n) is 11.5. The Hall–Kier alpha value is -1.92. The molecular formula is C15H14BrNO4. The molecular weight excluding hydrogens is 338 g/mol. The van der Waals surface area contributed by atoms with Crippen LogP contribution < -0.4 is 4.74 Å². The molecule has 0 spiro atoms. The molecule has 0 amide bonds. The minimum atomic E-state index is -0.702. The first-order chi connectivity index (χ1) is 9.90. The van der Waals surface area contributed by atoms with E-state index in [4.69, 9.17) is 4.74 Å². The summed E-state index contributed by atoms with van der Waals surface area (Å²) < 4.78 is 6.58. The number of ether oxygens (including phenoxy) is 1. The van der Waals surface area contributed by atoms with Crippen LogP contribution in [0.25, 0.3) is 0 Å². The number of hydrogen-bond donors (Lipinski definition) is 1.